The number of furan rings is 1. The summed E-state index contributed by atoms with van der Waals surface area (Å²) in [5.74, 6) is -0.302. The van der Waals surface area contributed by atoms with E-state index in [-0.39, 0.29) is 34.8 Å². The zero-order valence-corrected chi connectivity index (χ0v) is 15.8. The van der Waals surface area contributed by atoms with Crippen molar-refractivity contribution >= 4 is 16.9 Å². The molecule has 2 heterocycles. The fourth-order valence-corrected chi connectivity index (χ4v) is 3.32. The Hall–Kier alpha value is -3.67. The topological polar surface area (TPSA) is 64.2 Å². The highest BCUT2D eigenvalue weighted by Crippen LogP contribution is 2.22. The number of aromatic nitrogens is 1. The summed E-state index contributed by atoms with van der Waals surface area (Å²) in [7, 11) is 0. The van der Waals surface area contributed by atoms with Crippen LogP contribution in [-0.4, -0.2) is 10.5 Å². The molecule has 0 spiro atoms. The number of nitrogens with zero attached hydrogens (tertiary/aromatic N) is 1. The van der Waals surface area contributed by atoms with E-state index in [0.29, 0.717) is 17.9 Å². The Bertz CT molecular complexity index is 1220. The van der Waals surface area contributed by atoms with E-state index in [1.807, 2.05) is 30.3 Å². The SMILES string of the molecule is Cc1oc2ccn(Cc3ccc(F)cc3)c(=O)c2c1C(=O)NCc1ccccc1. The van der Waals surface area contributed by atoms with E-state index >= 15 is 0 Å². The molecule has 5 nitrogen and oxygen atoms in total. The number of nitrogens with one attached hydrogen (secondary N) is 1. The normalized spacial score (nSPS) is 11.0. The molecule has 0 saturated carbocycles. The Morgan fingerprint density at radius 1 is 1.03 bits per heavy atom. The van der Waals surface area contributed by atoms with Crippen LogP contribution in [0.2, 0.25) is 0 Å². The van der Waals surface area contributed by atoms with Crippen LogP contribution in [0, 0.1) is 12.7 Å². The molecule has 4 rings (SSSR count). The van der Waals surface area contributed by atoms with Crippen LogP contribution in [0.15, 0.2) is 76.1 Å². The maximum atomic E-state index is 13.1. The van der Waals surface area contributed by atoms with Crippen LogP contribution >= 0.6 is 0 Å². The molecule has 0 aliphatic heterocycles. The quantitative estimate of drug-likeness (QED) is 0.560. The van der Waals surface area contributed by atoms with Gasteiger partial charge in [0, 0.05) is 12.7 Å². The number of rotatable bonds is 5. The molecule has 0 saturated heterocycles. The minimum Gasteiger partial charge on any atom is -0.460 e. The summed E-state index contributed by atoms with van der Waals surface area (Å²) in [6.07, 6.45) is 1.61. The number of carbonyl (C=O) groups excluding carboxylic acids is 1. The van der Waals surface area contributed by atoms with E-state index in [4.69, 9.17) is 4.42 Å². The van der Waals surface area contributed by atoms with Crippen LogP contribution in [0.5, 0.6) is 0 Å². The van der Waals surface area contributed by atoms with Crippen molar-refractivity contribution in [2.75, 3.05) is 0 Å². The Morgan fingerprint density at radius 2 is 1.76 bits per heavy atom. The lowest BCUT2D eigenvalue weighted by atomic mass is 10.1. The molecule has 0 aliphatic carbocycles. The molecule has 29 heavy (non-hydrogen) atoms. The van der Waals surface area contributed by atoms with E-state index in [1.54, 1.807) is 31.3 Å². The average Bonchev–Trinajstić information content (AvgIpc) is 3.07. The maximum Gasteiger partial charge on any atom is 0.262 e. The standard InChI is InChI=1S/C23H19FN2O3/c1-15-20(22(27)25-13-16-5-3-2-4-6-16)21-19(29-15)11-12-26(23(21)28)14-17-7-9-18(24)10-8-17/h2-12H,13-14H2,1H3,(H,25,27). The smallest absolute Gasteiger partial charge is 0.262 e. The molecule has 6 heteroatoms. The van der Waals surface area contributed by atoms with Gasteiger partial charge in [-0.1, -0.05) is 42.5 Å². The summed E-state index contributed by atoms with van der Waals surface area (Å²) < 4.78 is 20.3. The fraction of sp³-hybridized carbons (Fsp3) is 0.130. The molecule has 0 unspecified atom stereocenters. The largest absolute Gasteiger partial charge is 0.460 e. The predicted molar refractivity (Wildman–Crippen MR) is 108 cm³/mol. The lowest BCUT2D eigenvalue weighted by molar-refractivity contribution is 0.0950. The minimum absolute atomic E-state index is 0.245. The Morgan fingerprint density at radius 3 is 2.48 bits per heavy atom. The van der Waals surface area contributed by atoms with Gasteiger partial charge >= 0.3 is 0 Å². The Kier molecular flexibility index (Phi) is 4.99. The molecular weight excluding hydrogens is 371 g/mol. The number of amides is 1. The van der Waals surface area contributed by atoms with Gasteiger partial charge in [-0.15, -0.1) is 0 Å². The van der Waals surface area contributed by atoms with Crippen LogP contribution in [-0.2, 0) is 13.1 Å². The van der Waals surface area contributed by atoms with E-state index in [0.717, 1.165) is 11.1 Å². The first kappa shape index (κ1) is 18.7. The first-order valence-corrected chi connectivity index (χ1v) is 9.22. The average molecular weight is 390 g/mol. The highest BCUT2D eigenvalue weighted by atomic mass is 19.1. The van der Waals surface area contributed by atoms with Crippen molar-refractivity contribution in [3.8, 4) is 0 Å². The van der Waals surface area contributed by atoms with Crippen LogP contribution < -0.4 is 10.9 Å². The number of benzene rings is 2. The van der Waals surface area contributed by atoms with Crippen LogP contribution in [0.25, 0.3) is 11.0 Å². The van der Waals surface area contributed by atoms with Gasteiger partial charge in [-0.25, -0.2) is 4.39 Å². The lowest BCUT2D eigenvalue weighted by Crippen LogP contribution is -2.26. The van der Waals surface area contributed by atoms with Gasteiger partial charge in [0.2, 0.25) is 0 Å². The molecule has 146 valence electrons. The van der Waals surface area contributed by atoms with E-state index in [1.165, 1.54) is 16.7 Å². The van der Waals surface area contributed by atoms with Gasteiger partial charge in [0.15, 0.2) is 0 Å². The highest BCUT2D eigenvalue weighted by molar-refractivity contribution is 6.06. The highest BCUT2D eigenvalue weighted by Gasteiger charge is 2.21. The van der Waals surface area contributed by atoms with Crippen molar-refractivity contribution in [3.05, 3.63) is 105 Å². The van der Waals surface area contributed by atoms with Gasteiger partial charge in [-0.2, -0.15) is 0 Å². The molecule has 1 N–H and O–H groups in total. The molecule has 0 fully saturated rings. The molecule has 2 aromatic carbocycles. The van der Waals surface area contributed by atoms with Crippen molar-refractivity contribution < 1.29 is 13.6 Å². The summed E-state index contributed by atoms with van der Waals surface area (Å²) in [5, 5.41) is 3.10. The van der Waals surface area contributed by atoms with E-state index in [2.05, 4.69) is 5.32 Å². The van der Waals surface area contributed by atoms with Crippen molar-refractivity contribution in [2.45, 2.75) is 20.0 Å². The van der Waals surface area contributed by atoms with Crippen molar-refractivity contribution in [3.63, 3.8) is 0 Å². The summed E-state index contributed by atoms with van der Waals surface area (Å²) in [5.41, 5.74) is 2.03. The number of fused-ring (bicyclic) bond motifs is 1. The van der Waals surface area contributed by atoms with Gasteiger partial charge in [0.1, 0.15) is 17.2 Å². The second-order valence-corrected chi connectivity index (χ2v) is 6.82. The third-order valence-corrected chi connectivity index (χ3v) is 4.78. The minimum atomic E-state index is -0.360. The van der Waals surface area contributed by atoms with Gasteiger partial charge in [-0.3, -0.25) is 9.59 Å². The first-order chi connectivity index (χ1) is 14.0. The van der Waals surface area contributed by atoms with Gasteiger partial charge in [-0.05, 0) is 36.2 Å². The number of pyridine rings is 1. The third-order valence-electron chi connectivity index (χ3n) is 4.78. The lowest BCUT2D eigenvalue weighted by Gasteiger charge is -2.07. The predicted octanol–water partition coefficient (Wildman–Crippen LogP) is 4.02. The van der Waals surface area contributed by atoms with Crippen LogP contribution in [0.4, 0.5) is 4.39 Å². The number of hydrogen-bond acceptors (Lipinski definition) is 3. The summed E-state index contributed by atoms with van der Waals surface area (Å²) >= 11 is 0. The Balaban J connectivity index is 1.66. The number of carbonyl (C=O) groups is 1. The number of halogens is 1. The molecule has 0 radical (unpaired) electrons. The Labute approximate surface area is 166 Å². The van der Waals surface area contributed by atoms with Crippen molar-refractivity contribution in [1.82, 2.24) is 9.88 Å². The fourth-order valence-electron chi connectivity index (χ4n) is 3.32. The zero-order chi connectivity index (χ0) is 20.4. The monoisotopic (exact) mass is 390 g/mol. The molecule has 0 bridgehead atoms. The second-order valence-electron chi connectivity index (χ2n) is 6.82. The van der Waals surface area contributed by atoms with Gasteiger partial charge in [0.05, 0.1) is 17.5 Å². The second kappa shape index (κ2) is 7.75. The number of hydrogen-bond donors (Lipinski definition) is 1. The van der Waals surface area contributed by atoms with Crippen molar-refractivity contribution in [2.24, 2.45) is 0 Å². The molecule has 1 amide bonds. The summed E-state index contributed by atoms with van der Waals surface area (Å²) in [6, 6.07) is 17.1. The van der Waals surface area contributed by atoms with Gasteiger partial charge in [0.25, 0.3) is 11.5 Å². The molecule has 0 aliphatic rings. The first-order valence-electron chi connectivity index (χ1n) is 9.22. The van der Waals surface area contributed by atoms with Gasteiger partial charge < -0.3 is 14.3 Å². The molecule has 4 aromatic rings. The number of aryl methyl sites for hydroxylation is 1. The zero-order valence-electron chi connectivity index (χ0n) is 15.8. The summed E-state index contributed by atoms with van der Waals surface area (Å²) in [4.78, 5) is 25.9. The molecule has 2 aromatic heterocycles. The molecular formula is C23H19FN2O3. The maximum absolute atomic E-state index is 13.1. The van der Waals surface area contributed by atoms with E-state index in [9.17, 15) is 14.0 Å². The summed E-state index contributed by atoms with van der Waals surface area (Å²) in [6.45, 7) is 2.29. The molecule has 0 atom stereocenters. The van der Waals surface area contributed by atoms with E-state index < -0.39 is 0 Å². The van der Waals surface area contributed by atoms with Crippen LogP contribution in [0.3, 0.4) is 0 Å². The van der Waals surface area contributed by atoms with Crippen molar-refractivity contribution in [1.29, 1.82) is 0 Å². The third kappa shape index (κ3) is 3.82. The van der Waals surface area contributed by atoms with Crippen LogP contribution in [0.1, 0.15) is 27.2 Å².